The Morgan fingerprint density at radius 1 is 1.33 bits per heavy atom. The first-order valence-corrected chi connectivity index (χ1v) is 5.76. The molecule has 0 bridgehead atoms. The second kappa shape index (κ2) is 4.91. The maximum Gasteiger partial charge on any atom is 0.335 e. The number of hydrogen-bond donors (Lipinski definition) is 2. The van der Waals surface area contributed by atoms with Gasteiger partial charge in [-0.3, -0.25) is 9.89 Å². The van der Waals surface area contributed by atoms with Crippen molar-refractivity contribution in [2.24, 2.45) is 0 Å². The minimum atomic E-state index is -0.980. The summed E-state index contributed by atoms with van der Waals surface area (Å²) in [4.78, 5) is 22.5. The molecule has 1 heterocycles. The van der Waals surface area contributed by atoms with Crippen LogP contribution in [-0.4, -0.2) is 20.9 Å². The summed E-state index contributed by atoms with van der Waals surface area (Å²) in [5.41, 5.74) is 1.57. The zero-order valence-corrected chi connectivity index (χ0v) is 10.0. The van der Waals surface area contributed by atoms with Gasteiger partial charge in [0, 0.05) is 11.8 Å². The Labute approximate surface area is 104 Å². The quantitative estimate of drug-likeness (QED) is 0.864. The van der Waals surface area contributed by atoms with Crippen molar-refractivity contribution in [3.63, 3.8) is 0 Å². The molecular formula is C13H14N2O3. The van der Waals surface area contributed by atoms with Crippen LogP contribution in [0.5, 0.6) is 0 Å². The van der Waals surface area contributed by atoms with E-state index >= 15 is 0 Å². The van der Waals surface area contributed by atoms with Crippen LogP contribution in [0, 0.1) is 0 Å². The number of benzene rings is 1. The van der Waals surface area contributed by atoms with Gasteiger partial charge in [0.05, 0.1) is 11.3 Å². The lowest BCUT2D eigenvalue weighted by molar-refractivity contribution is 0.0697. The fraction of sp³-hybridized carbons (Fsp3) is 0.231. The van der Waals surface area contributed by atoms with E-state index in [1.54, 1.807) is 18.2 Å². The SMILES string of the molecule is CCCc1cc(=O)n(-c2ccc(C(=O)O)cc2)[nH]1. The largest absolute Gasteiger partial charge is 0.478 e. The van der Waals surface area contributed by atoms with Gasteiger partial charge in [-0.1, -0.05) is 13.3 Å². The first-order valence-electron chi connectivity index (χ1n) is 5.76. The van der Waals surface area contributed by atoms with E-state index in [1.807, 2.05) is 6.92 Å². The summed E-state index contributed by atoms with van der Waals surface area (Å²) in [6.07, 6.45) is 1.77. The number of aryl methyl sites for hydroxylation is 1. The van der Waals surface area contributed by atoms with Gasteiger partial charge in [-0.15, -0.1) is 0 Å². The molecule has 5 heteroatoms. The van der Waals surface area contributed by atoms with Crippen LogP contribution in [0.3, 0.4) is 0 Å². The Bertz CT molecular complexity index is 608. The average Bonchev–Trinajstić information content (AvgIpc) is 2.71. The number of carboxylic acids is 1. The molecule has 0 saturated heterocycles. The zero-order valence-electron chi connectivity index (χ0n) is 10.0. The molecule has 0 aliphatic heterocycles. The van der Waals surface area contributed by atoms with Crippen LogP contribution in [0.1, 0.15) is 29.4 Å². The Kier molecular flexibility index (Phi) is 3.32. The molecule has 94 valence electrons. The Hall–Kier alpha value is -2.30. The van der Waals surface area contributed by atoms with E-state index in [-0.39, 0.29) is 11.1 Å². The monoisotopic (exact) mass is 246 g/mol. The van der Waals surface area contributed by atoms with Crippen LogP contribution < -0.4 is 5.56 Å². The van der Waals surface area contributed by atoms with E-state index < -0.39 is 5.97 Å². The van der Waals surface area contributed by atoms with Crippen molar-refractivity contribution in [1.29, 1.82) is 0 Å². The lowest BCUT2D eigenvalue weighted by Gasteiger charge is -2.02. The Morgan fingerprint density at radius 3 is 2.56 bits per heavy atom. The second-order valence-corrected chi connectivity index (χ2v) is 4.06. The van der Waals surface area contributed by atoms with Gasteiger partial charge < -0.3 is 5.11 Å². The standard InChI is InChI=1S/C13H14N2O3/c1-2-3-10-8-12(16)15(14-10)11-6-4-9(5-7-11)13(17)18/h4-8,14H,2-3H2,1H3,(H,17,18). The molecule has 1 aromatic carbocycles. The number of H-pyrrole nitrogens is 1. The normalized spacial score (nSPS) is 10.5. The number of rotatable bonds is 4. The highest BCUT2D eigenvalue weighted by atomic mass is 16.4. The van der Waals surface area contributed by atoms with Crippen molar-refractivity contribution in [2.45, 2.75) is 19.8 Å². The molecule has 0 unspecified atom stereocenters. The summed E-state index contributed by atoms with van der Waals surface area (Å²) >= 11 is 0. The van der Waals surface area contributed by atoms with Crippen molar-refractivity contribution in [3.8, 4) is 5.69 Å². The summed E-state index contributed by atoms with van der Waals surface area (Å²) < 4.78 is 1.41. The van der Waals surface area contributed by atoms with Gasteiger partial charge in [0.25, 0.3) is 5.56 Å². The second-order valence-electron chi connectivity index (χ2n) is 4.06. The van der Waals surface area contributed by atoms with E-state index in [1.165, 1.54) is 16.8 Å². The van der Waals surface area contributed by atoms with Crippen LogP contribution in [0.25, 0.3) is 5.69 Å². The summed E-state index contributed by atoms with van der Waals surface area (Å²) in [7, 11) is 0. The number of nitrogens with zero attached hydrogens (tertiary/aromatic N) is 1. The number of carboxylic acid groups (broad SMARTS) is 1. The third-order valence-electron chi connectivity index (χ3n) is 2.67. The van der Waals surface area contributed by atoms with Crippen LogP contribution >= 0.6 is 0 Å². The van der Waals surface area contributed by atoms with Crippen LogP contribution in [0.2, 0.25) is 0 Å². The van der Waals surface area contributed by atoms with Crippen LogP contribution in [0.15, 0.2) is 35.1 Å². The molecule has 5 nitrogen and oxygen atoms in total. The first kappa shape index (κ1) is 12.2. The molecule has 18 heavy (non-hydrogen) atoms. The fourth-order valence-electron chi connectivity index (χ4n) is 1.79. The van der Waals surface area contributed by atoms with Crippen molar-refractivity contribution >= 4 is 5.97 Å². The lowest BCUT2D eigenvalue weighted by atomic mass is 10.2. The van der Waals surface area contributed by atoms with E-state index in [0.717, 1.165) is 18.5 Å². The smallest absolute Gasteiger partial charge is 0.335 e. The van der Waals surface area contributed by atoms with Gasteiger partial charge in [0.15, 0.2) is 0 Å². The highest BCUT2D eigenvalue weighted by Crippen LogP contribution is 2.08. The third-order valence-corrected chi connectivity index (χ3v) is 2.67. The average molecular weight is 246 g/mol. The molecule has 2 aromatic rings. The van der Waals surface area contributed by atoms with Crippen molar-refractivity contribution in [2.75, 3.05) is 0 Å². The fourth-order valence-corrected chi connectivity index (χ4v) is 1.79. The van der Waals surface area contributed by atoms with Gasteiger partial charge in [0.1, 0.15) is 0 Å². The number of nitrogens with one attached hydrogen (secondary N) is 1. The maximum atomic E-state index is 11.7. The first-order chi connectivity index (χ1) is 8.61. The summed E-state index contributed by atoms with van der Waals surface area (Å²) in [5.74, 6) is -0.980. The predicted molar refractivity (Wildman–Crippen MR) is 67.3 cm³/mol. The van der Waals surface area contributed by atoms with Crippen molar-refractivity contribution in [3.05, 3.63) is 51.9 Å². The lowest BCUT2D eigenvalue weighted by Crippen LogP contribution is -2.13. The van der Waals surface area contributed by atoms with Crippen molar-refractivity contribution < 1.29 is 9.90 Å². The topological polar surface area (TPSA) is 75.1 Å². The molecule has 1 aromatic heterocycles. The van der Waals surface area contributed by atoms with Crippen LogP contribution in [0.4, 0.5) is 0 Å². The highest BCUT2D eigenvalue weighted by Gasteiger charge is 2.06. The molecule has 0 aliphatic rings. The zero-order chi connectivity index (χ0) is 13.1. The highest BCUT2D eigenvalue weighted by molar-refractivity contribution is 5.87. The predicted octanol–water partition coefficient (Wildman–Crippen LogP) is 1.82. The Morgan fingerprint density at radius 2 is 2.00 bits per heavy atom. The van der Waals surface area contributed by atoms with Gasteiger partial charge in [-0.05, 0) is 30.7 Å². The van der Waals surface area contributed by atoms with Crippen molar-refractivity contribution in [1.82, 2.24) is 9.78 Å². The van der Waals surface area contributed by atoms with Gasteiger partial charge in [-0.25, -0.2) is 9.48 Å². The summed E-state index contributed by atoms with van der Waals surface area (Å²) in [6.45, 7) is 2.04. The molecular weight excluding hydrogens is 232 g/mol. The molecule has 0 aliphatic carbocycles. The molecule has 0 amide bonds. The minimum Gasteiger partial charge on any atom is -0.478 e. The van der Waals surface area contributed by atoms with E-state index in [0.29, 0.717) is 5.69 Å². The number of hydrogen-bond acceptors (Lipinski definition) is 2. The summed E-state index contributed by atoms with van der Waals surface area (Å²) in [5, 5.41) is 11.8. The maximum absolute atomic E-state index is 11.7. The minimum absolute atomic E-state index is 0.137. The van der Waals surface area contributed by atoms with Gasteiger partial charge in [-0.2, -0.15) is 0 Å². The number of aromatic nitrogens is 2. The van der Waals surface area contributed by atoms with E-state index in [2.05, 4.69) is 5.10 Å². The summed E-state index contributed by atoms with van der Waals surface area (Å²) in [6, 6.07) is 7.73. The van der Waals surface area contributed by atoms with Gasteiger partial charge >= 0.3 is 5.97 Å². The third kappa shape index (κ3) is 2.34. The molecule has 0 fully saturated rings. The van der Waals surface area contributed by atoms with Gasteiger partial charge in [0.2, 0.25) is 0 Å². The van der Waals surface area contributed by atoms with E-state index in [9.17, 15) is 9.59 Å². The van der Waals surface area contributed by atoms with E-state index in [4.69, 9.17) is 5.11 Å². The molecule has 2 rings (SSSR count). The molecule has 0 saturated carbocycles. The number of aromatic amines is 1. The Balaban J connectivity index is 2.36. The van der Waals surface area contributed by atoms with Crippen LogP contribution in [-0.2, 0) is 6.42 Å². The molecule has 0 spiro atoms. The molecule has 0 radical (unpaired) electrons. The molecule has 2 N–H and O–H groups in total. The number of carbonyl (C=O) groups is 1. The number of aromatic carboxylic acids is 1. The molecule has 0 atom stereocenters.